The van der Waals surface area contributed by atoms with Crippen LogP contribution in [0.2, 0.25) is 0 Å². The van der Waals surface area contributed by atoms with Crippen molar-refractivity contribution in [2.75, 3.05) is 19.7 Å². The molecule has 0 saturated heterocycles. The first-order valence-electron chi connectivity index (χ1n) is 10.3. The molecule has 7 nitrogen and oxygen atoms in total. The van der Waals surface area contributed by atoms with Crippen LogP contribution in [0.1, 0.15) is 51.0 Å². The van der Waals surface area contributed by atoms with Gasteiger partial charge in [0, 0.05) is 38.3 Å². The lowest BCUT2D eigenvalue weighted by Gasteiger charge is -2.37. The Morgan fingerprint density at radius 3 is 2.82 bits per heavy atom. The molecule has 1 aliphatic carbocycles. The van der Waals surface area contributed by atoms with Crippen molar-refractivity contribution in [2.45, 2.75) is 52.0 Å². The molecular weight excluding hydrogens is 352 g/mol. The van der Waals surface area contributed by atoms with Crippen LogP contribution in [0.25, 0.3) is 5.82 Å². The minimum absolute atomic E-state index is 0.188. The van der Waals surface area contributed by atoms with Crippen LogP contribution in [-0.2, 0) is 6.54 Å². The first-order valence-corrected chi connectivity index (χ1v) is 10.3. The van der Waals surface area contributed by atoms with Crippen molar-refractivity contribution in [1.82, 2.24) is 25.4 Å². The van der Waals surface area contributed by atoms with E-state index in [1.807, 2.05) is 24.4 Å². The molecular formula is C21H32N6O. The maximum absolute atomic E-state index is 9.52. The number of nitrogens with one attached hydrogen (secondary N) is 2. The first kappa shape index (κ1) is 20.3. The van der Waals surface area contributed by atoms with Gasteiger partial charge in [0.05, 0.1) is 6.54 Å². The molecule has 0 atom stereocenters. The van der Waals surface area contributed by atoms with Crippen molar-refractivity contribution in [3.63, 3.8) is 0 Å². The molecule has 0 unspecified atom stereocenters. The maximum Gasteiger partial charge on any atom is 0.191 e. The number of aromatic nitrogens is 3. The van der Waals surface area contributed by atoms with Crippen molar-refractivity contribution < 1.29 is 5.11 Å². The van der Waals surface area contributed by atoms with Gasteiger partial charge in [-0.05, 0) is 55.4 Å². The van der Waals surface area contributed by atoms with Crippen LogP contribution in [-0.4, -0.2) is 45.5 Å². The number of aliphatic hydroxyl groups excluding tert-OH is 1. The second-order valence-corrected chi connectivity index (χ2v) is 7.56. The molecule has 7 heteroatoms. The lowest BCUT2D eigenvalue weighted by Crippen LogP contribution is -2.44. The second kappa shape index (κ2) is 10.2. The zero-order chi connectivity index (χ0) is 19.7. The second-order valence-electron chi connectivity index (χ2n) is 7.56. The molecule has 2 aromatic rings. The van der Waals surface area contributed by atoms with E-state index in [1.165, 1.54) is 32.1 Å². The van der Waals surface area contributed by atoms with Gasteiger partial charge in [0.2, 0.25) is 0 Å². The number of aliphatic hydroxyl groups is 1. The quantitative estimate of drug-likeness (QED) is 0.481. The van der Waals surface area contributed by atoms with Crippen LogP contribution in [0.4, 0.5) is 0 Å². The summed E-state index contributed by atoms with van der Waals surface area (Å²) in [6.45, 7) is 4.56. The van der Waals surface area contributed by atoms with Crippen LogP contribution in [0.5, 0.6) is 0 Å². The van der Waals surface area contributed by atoms with E-state index in [1.54, 1.807) is 17.1 Å². The molecule has 1 aliphatic rings. The van der Waals surface area contributed by atoms with E-state index in [4.69, 9.17) is 4.99 Å². The van der Waals surface area contributed by atoms with Crippen LogP contribution < -0.4 is 10.6 Å². The van der Waals surface area contributed by atoms with Gasteiger partial charge in [0.25, 0.3) is 0 Å². The lowest BCUT2D eigenvalue weighted by atomic mass is 9.72. The van der Waals surface area contributed by atoms with Crippen molar-refractivity contribution in [1.29, 1.82) is 0 Å². The van der Waals surface area contributed by atoms with Gasteiger partial charge in [-0.3, -0.25) is 0 Å². The van der Waals surface area contributed by atoms with E-state index >= 15 is 0 Å². The molecule has 0 aromatic carbocycles. The summed E-state index contributed by atoms with van der Waals surface area (Å²) in [5, 5.41) is 20.6. The molecule has 3 rings (SSSR count). The Hall–Kier alpha value is -2.41. The van der Waals surface area contributed by atoms with Crippen LogP contribution >= 0.6 is 0 Å². The Morgan fingerprint density at radius 2 is 2.11 bits per heavy atom. The minimum atomic E-state index is 0.188. The predicted molar refractivity (Wildman–Crippen MR) is 111 cm³/mol. The van der Waals surface area contributed by atoms with Crippen LogP contribution in [0.3, 0.4) is 0 Å². The highest BCUT2D eigenvalue weighted by Crippen LogP contribution is 2.38. The zero-order valence-corrected chi connectivity index (χ0v) is 16.8. The molecule has 1 fully saturated rings. The van der Waals surface area contributed by atoms with Crippen LogP contribution in [0, 0.1) is 5.41 Å². The Morgan fingerprint density at radius 1 is 1.25 bits per heavy atom. The summed E-state index contributed by atoms with van der Waals surface area (Å²) >= 11 is 0. The summed E-state index contributed by atoms with van der Waals surface area (Å²) in [5.41, 5.74) is 1.27. The van der Waals surface area contributed by atoms with Gasteiger partial charge in [-0.25, -0.2) is 14.7 Å². The van der Waals surface area contributed by atoms with Gasteiger partial charge in [-0.15, -0.1) is 0 Å². The standard InChI is InChI=1S/C21H32N6O/c1-2-22-20(25-17-21(10-14-28)8-4-3-5-9-21)24-16-18-7-12-23-19(15-18)27-13-6-11-26-27/h6-7,11-13,15,28H,2-5,8-10,14,16-17H2,1H3,(H2,22,24,25). The molecule has 0 spiro atoms. The number of nitrogens with zero attached hydrogens (tertiary/aromatic N) is 4. The summed E-state index contributed by atoms with van der Waals surface area (Å²) in [6, 6.07) is 5.87. The van der Waals surface area contributed by atoms with Gasteiger partial charge in [-0.1, -0.05) is 19.3 Å². The fraction of sp³-hybridized carbons (Fsp3) is 0.571. The number of guanidine groups is 1. The predicted octanol–water partition coefficient (Wildman–Crippen LogP) is 2.66. The number of aliphatic imine (C=N–C) groups is 1. The van der Waals surface area contributed by atoms with Crippen molar-refractivity contribution in [2.24, 2.45) is 10.4 Å². The summed E-state index contributed by atoms with van der Waals surface area (Å²) in [4.78, 5) is 9.13. The van der Waals surface area contributed by atoms with Gasteiger partial charge >= 0.3 is 0 Å². The fourth-order valence-electron chi connectivity index (χ4n) is 3.93. The molecule has 152 valence electrons. The third-order valence-electron chi connectivity index (χ3n) is 5.50. The SMILES string of the molecule is CCNC(=NCc1ccnc(-n2cccn2)c1)NCC1(CCO)CCCCC1. The summed E-state index contributed by atoms with van der Waals surface area (Å²) in [5.74, 6) is 1.61. The van der Waals surface area contributed by atoms with Crippen molar-refractivity contribution >= 4 is 5.96 Å². The number of pyridine rings is 1. The minimum Gasteiger partial charge on any atom is -0.396 e. The third kappa shape index (κ3) is 5.55. The molecule has 28 heavy (non-hydrogen) atoms. The lowest BCUT2D eigenvalue weighted by molar-refractivity contribution is 0.131. The fourth-order valence-corrected chi connectivity index (χ4v) is 3.93. The molecule has 3 N–H and O–H groups in total. The van der Waals surface area contributed by atoms with Crippen molar-refractivity contribution in [3.8, 4) is 5.82 Å². The van der Waals surface area contributed by atoms with Crippen molar-refractivity contribution in [3.05, 3.63) is 42.4 Å². The summed E-state index contributed by atoms with van der Waals surface area (Å²) in [6.07, 6.45) is 12.4. The van der Waals surface area contributed by atoms with Gasteiger partial charge in [0.15, 0.2) is 11.8 Å². The summed E-state index contributed by atoms with van der Waals surface area (Å²) < 4.78 is 1.75. The monoisotopic (exact) mass is 384 g/mol. The Bertz CT molecular complexity index is 732. The topological polar surface area (TPSA) is 87.4 Å². The highest BCUT2D eigenvalue weighted by atomic mass is 16.3. The van der Waals surface area contributed by atoms with Gasteiger partial charge in [0.1, 0.15) is 0 Å². The molecule has 0 amide bonds. The highest BCUT2D eigenvalue weighted by molar-refractivity contribution is 5.79. The largest absolute Gasteiger partial charge is 0.396 e. The molecule has 2 heterocycles. The van der Waals surface area contributed by atoms with E-state index in [0.29, 0.717) is 6.54 Å². The molecule has 0 radical (unpaired) electrons. The Kier molecular flexibility index (Phi) is 7.42. The Labute approximate surface area is 167 Å². The molecule has 1 saturated carbocycles. The molecule has 0 bridgehead atoms. The van der Waals surface area contributed by atoms with E-state index < -0.39 is 0 Å². The molecule has 0 aliphatic heterocycles. The average Bonchev–Trinajstić information content (AvgIpc) is 3.26. The zero-order valence-electron chi connectivity index (χ0n) is 16.8. The maximum atomic E-state index is 9.52. The smallest absolute Gasteiger partial charge is 0.191 e. The van der Waals surface area contributed by atoms with E-state index in [-0.39, 0.29) is 12.0 Å². The van der Waals surface area contributed by atoms with Gasteiger partial charge in [-0.2, -0.15) is 5.10 Å². The van der Waals surface area contributed by atoms with E-state index in [9.17, 15) is 5.11 Å². The molecule has 2 aromatic heterocycles. The summed E-state index contributed by atoms with van der Waals surface area (Å²) in [7, 11) is 0. The van der Waals surface area contributed by atoms with Crippen LogP contribution in [0.15, 0.2) is 41.8 Å². The van der Waals surface area contributed by atoms with E-state index in [0.717, 1.165) is 36.9 Å². The number of rotatable bonds is 8. The van der Waals surface area contributed by atoms with Gasteiger partial charge < -0.3 is 15.7 Å². The number of hydrogen-bond donors (Lipinski definition) is 3. The average molecular weight is 385 g/mol. The first-order chi connectivity index (χ1) is 13.7. The number of hydrogen-bond acceptors (Lipinski definition) is 4. The highest BCUT2D eigenvalue weighted by Gasteiger charge is 2.31. The van der Waals surface area contributed by atoms with E-state index in [2.05, 4.69) is 27.6 Å². The Balaban J connectivity index is 1.64. The normalized spacial score (nSPS) is 16.7. The third-order valence-corrected chi connectivity index (χ3v) is 5.50.